The molecule has 0 saturated heterocycles. The van der Waals surface area contributed by atoms with Gasteiger partial charge in [-0.25, -0.2) is 14.0 Å². The lowest BCUT2D eigenvalue weighted by Gasteiger charge is -2.21. The third-order valence-electron chi connectivity index (χ3n) is 6.54. The van der Waals surface area contributed by atoms with Gasteiger partial charge in [-0.15, -0.1) is 16.9 Å². The number of amidine groups is 1. The molecule has 6 N–H and O–H groups in total. The molecule has 3 heterocycles. The Labute approximate surface area is 226 Å². The minimum Gasteiger partial charge on any atom is -0.488 e. The Morgan fingerprint density at radius 3 is 2.92 bits per heavy atom. The van der Waals surface area contributed by atoms with E-state index in [0.29, 0.717) is 36.7 Å². The maximum absolute atomic E-state index is 15.9. The zero-order valence-electron chi connectivity index (χ0n) is 21.0. The minimum absolute atomic E-state index is 0.0401. The van der Waals surface area contributed by atoms with E-state index in [1.54, 1.807) is 24.3 Å². The van der Waals surface area contributed by atoms with Crippen LogP contribution in [-0.4, -0.2) is 55.7 Å². The number of anilines is 1. The van der Waals surface area contributed by atoms with Crippen molar-refractivity contribution in [2.24, 2.45) is 0 Å². The summed E-state index contributed by atoms with van der Waals surface area (Å²) in [5.41, 5.74) is 2.81. The van der Waals surface area contributed by atoms with Crippen molar-refractivity contribution >= 4 is 35.0 Å². The molecule has 0 saturated carbocycles. The quantitative estimate of drug-likeness (QED) is 0.221. The normalized spacial score (nSPS) is 15.3. The molecule has 0 amide bonds. The summed E-state index contributed by atoms with van der Waals surface area (Å²) in [5.74, 6) is -0.948. The largest absolute Gasteiger partial charge is 0.488 e. The summed E-state index contributed by atoms with van der Waals surface area (Å²) in [5, 5.41) is 37.5. The van der Waals surface area contributed by atoms with Crippen molar-refractivity contribution in [3.8, 4) is 5.75 Å². The molecule has 0 radical (unpaired) electrons. The molecule has 1 atom stereocenters. The topological polar surface area (TPSA) is 165 Å². The molecule has 0 spiro atoms. The van der Waals surface area contributed by atoms with Gasteiger partial charge in [0.15, 0.2) is 17.4 Å². The number of nitrogens with zero attached hydrogens (tertiary/aromatic N) is 2. The Hall–Kier alpha value is -4.10. The number of carbonyl (C=O) groups is 1. The standard InChI is InChI=1S/C26H27FN6O5S/c1-2-13-9-17(20(27)19(10-13)38-7-6-34)21(30-15-3-4-16-14(11-15)12-29-23(16)28)24-31-26(37)33(32-24)18-5-8-39-22(18)25(35)36/h3-4,9-11,21,30,34H,2,5-8,12H2,1H3,(H2,28,29)(H,35,36)(H,31,32,37). The van der Waals surface area contributed by atoms with Gasteiger partial charge in [-0.05, 0) is 41.8 Å². The number of ether oxygens (including phenoxy) is 1. The van der Waals surface area contributed by atoms with Crippen LogP contribution in [0.15, 0.2) is 40.0 Å². The number of aliphatic carboxylic acids is 1. The van der Waals surface area contributed by atoms with Crippen LogP contribution >= 0.6 is 11.8 Å². The predicted octanol–water partition coefficient (Wildman–Crippen LogP) is 2.66. The number of aromatic amines is 1. The number of aromatic nitrogens is 3. The van der Waals surface area contributed by atoms with Crippen molar-refractivity contribution < 1.29 is 24.1 Å². The molecule has 0 bridgehead atoms. The van der Waals surface area contributed by atoms with Gasteiger partial charge in [-0.3, -0.25) is 10.4 Å². The highest BCUT2D eigenvalue weighted by atomic mass is 32.2. The number of allylic oxidation sites excluding steroid dienone is 1. The van der Waals surface area contributed by atoms with Gasteiger partial charge in [-0.2, -0.15) is 4.68 Å². The molecule has 5 rings (SSSR count). The minimum atomic E-state index is -1.14. The van der Waals surface area contributed by atoms with Crippen LogP contribution in [0.2, 0.25) is 0 Å². The Bertz CT molecular complexity index is 1550. The molecule has 1 unspecified atom stereocenters. The fourth-order valence-corrected chi connectivity index (χ4v) is 5.63. The van der Waals surface area contributed by atoms with Crippen LogP contribution < -0.4 is 21.1 Å². The van der Waals surface area contributed by atoms with Crippen LogP contribution in [0.4, 0.5) is 10.1 Å². The van der Waals surface area contributed by atoms with Crippen LogP contribution in [0.1, 0.15) is 47.5 Å². The average molecular weight is 555 g/mol. The maximum Gasteiger partial charge on any atom is 0.347 e. The fourth-order valence-electron chi connectivity index (χ4n) is 4.65. The highest BCUT2D eigenvalue weighted by molar-refractivity contribution is 8.04. The molecule has 39 heavy (non-hydrogen) atoms. The molecule has 2 aliphatic rings. The second-order valence-electron chi connectivity index (χ2n) is 9.01. The van der Waals surface area contributed by atoms with Crippen molar-refractivity contribution in [3.05, 3.63) is 79.6 Å². The first-order valence-corrected chi connectivity index (χ1v) is 13.4. The van der Waals surface area contributed by atoms with E-state index in [1.807, 2.05) is 13.0 Å². The van der Waals surface area contributed by atoms with E-state index in [-0.39, 0.29) is 41.0 Å². The number of hydrogen-bond donors (Lipinski definition) is 6. The smallest absolute Gasteiger partial charge is 0.347 e. The molecule has 1 aromatic heterocycles. The third kappa shape index (κ3) is 5.14. The molecule has 0 aliphatic carbocycles. The number of fused-ring (bicyclic) bond motifs is 1. The first-order valence-electron chi connectivity index (χ1n) is 12.4. The fraction of sp³-hybridized carbons (Fsp3) is 0.308. The van der Waals surface area contributed by atoms with Gasteiger partial charge in [0.2, 0.25) is 0 Å². The van der Waals surface area contributed by atoms with Crippen LogP contribution in [0.25, 0.3) is 5.70 Å². The van der Waals surface area contributed by atoms with E-state index < -0.39 is 23.5 Å². The molecule has 3 aromatic rings. The Kier molecular flexibility index (Phi) is 7.44. The molecular formula is C26H27FN6O5S. The molecule has 2 aliphatic heterocycles. The van der Waals surface area contributed by atoms with E-state index in [9.17, 15) is 19.8 Å². The average Bonchev–Trinajstić information content (AvgIpc) is 3.65. The summed E-state index contributed by atoms with van der Waals surface area (Å²) in [6.45, 7) is 2.00. The zero-order valence-corrected chi connectivity index (χ0v) is 21.8. The van der Waals surface area contributed by atoms with Gasteiger partial charge in [-0.1, -0.05) is 13.0 Å². The third-order valence-corrected chi connectivity index (χ3v) is 7.65. The number of thioether (sulfide) groups is 1. The summed E-state index contributed by atoms with van der Waals surface area (Å²) in [4.78, 5) is 27.4. The number of aryl methyl sites for hydroxylation is 1. The lowest BCUT2D eigenvalue weighted by atomic mass is 9.99. The van der Waals surface area contributed by atoms with Crippen molar-refractivity contribution in [2.45, 2.75) is 32.4 Å². The van der Waals surface area contributed by atoms with E-state index in [0.717, 1.165) is 33.1 Å². The van der Waals surface area contributed by atoms with Crippen molar-refractivity contribution in [1.82, 2.24) is 20.1 Å². The highest BCUT2D eigenvalue weighted by Crippen LogP contribution is 2.36. The van der Waals surface area contributed by atoms with Gasteiger partial charge in [0.05, 0.1) is 12.3 Å². The van der Waals surface area contributed by atoms with E-state index in [1.165, 1.54) is 0 Å². The Morgan fingerprint density at radius 1 is 1.36 bits per heavy atom. The number of carboxylic acids is 1. The van der Waals surface area contributed by atoms with Crippen LogP contribution in [0, 0.1) is 11.2 Å². The van der Waals surface area contributed by atoms with Gasteiger partial charge in [0, 0.05) is 35.5 Å². The summed E-state index contributed by atoms with van der Waals surface area (Å²) in [7, 11) is 0. The van der Waals surface area contributed by atoms with E-state index >= 15 is 4.39 Å². The van der Waals surface area contributed by atoms with Crippen molar-refractivity contribution in [3.63, 3.8) is 0 Å². The first kappa shape index (κ1) is 26.5. The second-order valence-corrected chi connectivity index (χ2v) is 10.1. The molecule has 204 valence electrons. The number of halogens is 1. The van der Waals surface area contributed by atoms with E-state index in [2.05, 4.69) is 20.7 Å². The van der Waals surface area contributed by atoms with Crippen molar-refractivity contribution in [1.29, 1.82) is 5.41 Å². The zero-order chi connectivity index (χ0) is 27.7. The maximum atomic E-state index is 15.9. The number of hydrogen-bond acceptors (Lipinski definition) is 8. The number of aliphatic hydroxyl groups excluding tert-OH is 1. The monoisotopic (exact) mass is 554 g/mol. The van der Waals surface area contributed by atoms with Crippen molar-refractivity contribution in [2.75, 3.05) is 24.3 Å². The van der Waals surface area contributed by atoms with Crippen LogP contribution in [0.5, 0.6) is 5.75 Å². The van der Waals surface area contributed by atoms with Crippen LogP contribution in [-0.2, 0) is 17.8 Å². The van der Waals surface area contributed by atoms with Gasteiger partial charge >= 0.3 is 11.7 Å². The van der Waals surface area contributed by atoms with Crippen LogP contribution in [0.3, 0.4) is 0 Å². The van der Waals surface area contributed by atoms with E-state index in [4.69, 9.17) is 10.1 Å². The molecule has 11 nitrogen and oxygen atoms in total. The number of H-pyrrole nitrogens is 1. The molecule has 13 heteroatoms. The first-order chi connectivity index (χ1) is 18.8. The molecular weight excluding hydrogens is 527 g/mol. The Balaban J connectivity index is 1.63. The molecule has 0 fully saturated rings. The predicted molar refractivity (Wildman–Crippen MR) is 145 cm³/mol. The number of carboxylic acid groups (broad SMARTS) is 1. The summed E-state index contributed by atoms with van der Waals surface area (Å²) in [6, 6.07) is 7.62. The number of nitrogens with one attached hydrogen (secondary N) is 4. The summed E-state index contributed by atoms with van der Waals surface area (Å²) < 4.78 is 22.4. The SMILES string of the molecule is CCc1cc(OCCO)c(F)c(C(Nc2ccc3c(c2)CNC3=N)c2nn(C3=C(C(=O)O)SCC3)c(=O)[nH]2)c1. The summed E-state index contributed by atoms with van der Waals surface area (Å²) in [6.07, 6.45) is 0.913. The Morgan fingerprint density at radius 2 is 2.18 bits per heavy atom. The number of benzene rings is 2. The molecule has 2 aromatic carbocycles. The lowest BCUT2D eigenvalue weighted by Crippen LogP contribution is -2.18. The number of aliphatic hydroxyl groups is 1. The highest BCUT2D eigenvalue weighted by Gasteiger charge is 2.29. The summed E-state index contributed by atoms with van der Waals surface area (Å²) >= 11 is 1.14. The van der Waals surface area contributed by atoms with Gasteiger partial charge in [0.1, 0.15) is 23.4 Å². The lowest BCUT2D eigenvalue weighted by molar-refractivity contribution is -0.131. The van der Waals surface area contributed by atoms with Gasteiger partial charge in [0.25, 0.3) is 0 Å². The van der Waals surface area contributed by atoms with Gasteiger partial charge < -0.3 is 25.6 Å². The number of rotatable bonds is 10. The second kappa shape index (κ2) is 10.9.